The van der Waals surface area contributed by atoms with Crippen LogP contribution in [0.1, 0.15) is 10.4 Å². The second-order valence-corrected chi connectivity index (χ2v) is 6.28. The van der Waals surface area contributed by atoms with Crippen molar-refractivity contribution in [2.75, 3.05) is 34.5 Å². The second-order valence-electron chi connectivity index (χ2n) is 6.28. The number of azo groups is 1. The van der Waals surface area contributed by atoms with Gasteiger partial charge < -0.3 is 33.8 Å². The molecule has 0 bridgehead atoms. The molecule has 1 amide bonds. The molecule has 0 unspecified atom stereocenters. The number of H-pyrrole nitrogens is 1. The van der Waals surface area contributed by atoms with Crippen molar-refractivity contribution in [1.29, 1.82) is 0 Å². The van der Waals surface area contributed by atoms with Crippen molar-refractivity contribution in [1.82, 2.24) is 4.98 Å². The number of aromatic amines is 1. The highest BCUT2D eigenvalue weighted by Crippen LogP contribution is 2.42. The van der Waals surface area contributed by atoms with E-state index in [1.165, 1.54) is 33.5 Å². The first-order chi connectivity index (χ1) is 14.5. The van der Waals surface area contributed by atoms with E-state index in [2.05, 4.69) is 15.2 Å². The first-order valence-electron chi connectivity index (χ1n) is 8.96. The number of hydrogen-bond donors (Lipinski definition) is 2. The van der Waals surface area contributed by atoms with Gasteiger partial charge in [-0.2, -0.15) is 0 Å². The zero-order valence-electron chi connectivity index (χ0n) is 16.5. The number of aromatic hydroxyl groups is 1. The zero-order valence-corrected chi connectivity index (χ0v) is 16.5. The summed E-state index contributed by atoms with van der Waals surface area (Å²) in [5, 5.41) is 18.5. The lowest BCUT2D eigenvalue weighted by Crippen LogP contribution is -2.15. The summed E-state index contributed by atoms with van der Waals surface area (Å²) in [5.74, 6) is 1.19. The van der Waals surface area contributed by atoms with E-state index in [-0.39, 0.29) is 17.1 Å². The van der Waals surface area contributed by atoms with Crippen molar-refractivity contribution in [3.05, 3.63) is 29.8 Å². The molecular formula is C20H19N3O7. The van der Waals surface area contributed by atoms with Crippen molar-refractivity contribution in [3.63, 3.8) is 0 Å². The molecule has 30 heavy (non-hydrogen) atoms. The van der Waals surface area contributed by atoms with Gasteiger partial charge in [0.2, 0.25) is 11.6 Å². The van der Waals surface area contributed by atoms with Gasteiger partial charge in [0, 0.05) is 11.5 Å². The highest BCUT2D eigenvalue weighted by molar-refractivity contribution is 5.98. The molecule has 10 heteroatoms. The maximum absolute atomic E-state index is 12.6. The van der Waals surface area contributed by atoms with Gasteiger partial charge in [-0.3, -0.25) is 4.79 Å². The maximum Gasteiger partial charge on any atom is 0.295 e. The lowest BCUT2D eigenvalue weighted by atomic mass is 10.1. The summed E-state index contributed by atoms with van der Waals surface area (Å²) < 4.78 is 26.8. The maximum atomic E-state index is 12.6. The number of carbonyl (C=O) groups is 1. The van der Waals surface area contributed by atoms with Crippen molar-refractivity contribution in [3.8, 4) is 34.6 Å². The lowest BCUT2D eigenvalue weighted by molar-refractivity contribution is 0.0994. The van der Waals surface area contributed by atoms with Crippen LogP contribution in [-0.4, -0.2) is 50.5 Å². The third kappa shape index (κ3) is 3.32. The number of nitrogens with zero attached hydrogens (tertiary/aromatic N) is 2. The molecular weight excluding hydrogens is 394 g/mol. The molecule has 0 spiro atoms. The number of amides is 1. The van der Waals surface area contributed by atoms with Gasteiger partial charge in [-0.1, -0.05) is 0 Å². The predicted octanol–water partition coefficient (Wildman–Crippen LogP) is 3.59. The van der Waals surface area contributed by atoms with Crippen molar-refractivity contribution < 1.29 is 33.6 Å². The third-order valence-electron chi connectivity index (χ3n) is 4.57. The van der Waals surface area contributed by atoms with Gasteiger partial charge in [0.1, 0.15) is 13.2 Å². The standard InChI is InChI=1S/C20H19N3O7/c1-26-15-6-10(7-16(27-2)18(15)28-3)19(24)23-22-17-11-8-13-14(30-5-4-29-13)9-12(11)21-20(17)25/h6-9,21,25H,4-5H2,1-3H3. The quantitative estimate of drug-likeness (QED) is 0.613. The van der Waals surface area contributed by atoms with Crippen LogP contribution in [0.15, 0.2) is 34.5 Å². The Morgan fingerprint density at radius 1 is 1.00 bits per heavy atom. The van der Waals surface area contributed by atoms with Gasteiger partial charge in [0.15, 0.2) is 28.7 Å². The number of rotatable bonds is 5. The van der Waals surface area contributed by atoms with Crippen LogP contribution in [0.3, 0.4) is 0 Å². The predicted molar refractivity (Wildman–Crippen MR) is 106 cm³/mol. The molecule has 0 fully saturated rings. The van der Waals surface area contributed by atoms with Crippen LogP contribution in [0, 0.1) is 0 Å². The Labute approximate surface area is 171 Å². The number of nitrogens with one attached hydrogen (secondary N) is 1. The molecule has 1 aliphatic heterocycles. The highest BCUT2D eigenvalue weighted by Gasteiger charge is 2.20. The number of aromatic nitrogens is 1. The number of carbonyl (C=O) groups excluding carboxylic acids is 1. The normalized spacial score (nSPS) is 12.9. The number of ether oxygens (including phenoxy) is 5. The molecule has 156 valence electrons. The van der Waals surface area contributed by atoms with E-state index in [1.54, 1.807) is 12.1 Å². The molecule has 0 radical (unpaired) electrons. The van der Waals surface area contributed by atoms with E-state index in [9.17, 15) is 9.90 Å². The van der Waals surface area contributed by atoms with Crippen molar-refractivity contribution >= 4 is 22.5 Å². The average molecular weight is 413 g/mol. The first kappa shape index (κ1) is 19.4. The van der Waals surface area contributed by atoms with E-state index >= 15 is 0 Å². The average Bonchev–Trinajstić information content (AvgIpc) is 3.08. The van der Waals surface area contributed by atoms with Crippen LogP contribution in [0.4, 0.5) is 5.69 Å². The molecule has 2 N–H and O–H groups in total. The Hall–Kier alpha value is -3.95. The Balaban J connectivity index is 1.69. The summed E-state index contributed by atoms with van der Waals surface area (Å²) in [7, 11) is 4.36. The van der Waals surface area contributed by atoms with Crippen LogP contribution in [-0.2, 0) is 0 Å². The molecule has 4 rings (SSSR count). The Morgan fingerprint density at radius 2 is 1.63 bits per heavy atom. The van der Waals surface area contributed by atoms with Gasteiger partial charge in [0.05, 0.1) is 32.4 Å². The number of methoxy groups -OCH3 is 3. The van der Waals surface area contributed by atoms with Gasteiger partial charge in [-0.05, 0) is 18.2 Å². The van der Waals surface area contributed by atoms with Gasteiger partial charge in [0.25, 0.3) is 5.91 Å². The topological polar surface area (TPSA) is 124 Å². The van der Waals surface area contributed by atoms with Crippen LogP contribution >= 0.6 is 0 Å². The molecule has 0 aliphatic carbocycles. The van der Waals surface area contributed by atoms with E-state index in [0.717, 1.165) is 0 Å². The largest absolute Gasteiger partial charge is 0.493 e. The summed E-state index contributed by atoms with van der Waals surface area (Å²) >= 11 is 0. The smallest absolute Gasteiger partial charge is 0.295 e. The van der Waals surface area contributed by atoms with Gasteiger partial charge in [-0.15, -0.1) is 10.2 Å². The number of hydrogen-bond acceptors (Lipinski definition) is 8. The molecule has 10 nitrogen and oxygen atoms in total. The van der Waals surface area contributed by atoms with Gasteiger partial charge >= 0.3 is 0 Å². The van der Waals surface area contributed by atoms with E-state index in [0.29, 0.717) is 52.9 Å². The van der Waals surface area contributed by atoms with E-state index < -0.39 is 5.91 Å². The second kappa shape index (κ2) is 7.82. The Kier molecular flexibility index (Phi) is 5.05. The third-order valence-corrected chi connectivity index (χ3v) is 4.57. The zero-order chi connectivity index (χ0) is 21.3. The van der Waals surface area contributed by atoms with Crippen LogP contribution in [0.25, 0.3) is 10.9 Å². The Morgan fingerprint density at radius 3 is 2.23 bits per heavy atom. The Bertz CT molecular complexity index is 1130. The van der Waals surface area contributed by atoms with Crippen LogP contribution in [0.5, 0.6) is 34.6 Å². The SMILES string of the molecule is COc1cc(C(=O)N=Nc2c(O)[nH]c3cc4c(cc23)OCCO4)cc(OC)c1OC. The summed E-state index contributed by atoms with van der Waals surface area (Å²) in [6.45, 7) is 0.867. The fraction of sp³-hybridized carbons (Fsp3) is 0.250. The van der Waals surface area contributed by atoms with Gasteiger partial charge in [-0.25, -0.2) is 0 Å². The minimum Gasteiger partial charge on any atom is -0.493 e. The lowest BCUT2D eigenvalue weighted by Gasteiger charge is -2.18. The van der Waals surface area contributed by atoms with Crippen LogP contribution < -0.4 is 23.7 Å². The molecule has 0 saturated carbocycles. The van der Waals surface area contributed by atoms with Crippen molar-refractivity contribution in [2.24, 2.45) is 10.2 Å². The molecule has 3 aromatic rings. The van der Waals surface area contributed by atoms with E-state index in [4.69, 9.17) is 23.7 Å². The minimum absolute atomic E-state index is 0.114. The fourth-order valence-corrected chi connectivity index (χ4v) is 3.16. The summed E-state index contributed by atoms with van der Waals surface area (Å²) in [6, 6.07) is 6.32. The summed E-state index contributed by atoms with van der Waals surface area (Å²) in [4.78, 5) is 15.4. The molecule has 1 aromatic heterocycles. The fourth-order valence-electron chi connectivity index (χ4n) is 3.16. The summed E-state index contributed by atoms with van der Waals surface area (Å²) in [6.07, 6.45) is 0. The molecule has 2 heterocycles. The molecule has 0 atom stereocenters. The molecule has 0 saturated heterocycles. The molecule has 1 aliphatic rings. The van der Waals surface area contributed by atoms with Crippen LogP contribution in [0.2, 0.25) is 0 Å². The number of benzene rings is 2. The van der Waals surface area contributed by atoms with E-state index in [1.807, 2.05) is 0 Å². The highest BCUT2D eigenvalue weighted by atomic mass is 16.6. The summed E-state index contributed by atoms with van der Waals surface area (Å²) in [5.41, 5.74) is 0.871. The first-order valence-corrected chi connectivity index (χ1v) is 8.96. The van der Waals surface area contributed by atoms with Crippen molar-refractivity contribution in [2.45, 2.75) is 0 Å². The molecule has 2 aromatic carbocycles. The monoisotopic (exact) mass is 413 g/mol. The number of fused-ring (bicyclic) bond motifs is 2. The minimum atomic E-state index is -0.652.